The van der Waals surface area contributed by atoms with Crippen molar-refractivity contribution in [1.29, 1.82) is 0 Å². The Balaban J connectivity index is 0. The summed E-state index contributed by atoms with van der Waals surface area (Å²) in [6, 6.07) is 0. The molecule has 0 rings (SSSR count). The standard InChI is InChI=1S/C13H29N3O2S.HI/c1-6-18-10-7-8-15-12(14-5)16-9-11-19(17)13(2,3)4;/h6-11H2,1-5H3,(H2,14,15,16);1H. The molecule has 0 aromatic carbocycles. The van der Waals surface area contributed by atoms with Crippen LogP contribution in [0.5, 0.6) is 0 Å². The Bertz CT molecular complexity index is 294. The van der Waals surface area contributed by atoms with Crippen LogP contribution in [-0.4, -0.2) is 54.0 Å². The third-order valence-corrected chi connectivity index (χ3v) is 4.39. The SMILES string of the molecule is CCOCCCNC(=NC)NCCS(=O)C(C)(C)C.I. The van der Waals surface area contributed by atoms with Gasteiger partial charge >= 0.3 is 0 Å². The van der Waals surface area contributed by atoms with Gasteiger partial charge in [0, 0.05) is 54.7 Å². The van der Waals surface area contributed by atoms with Crippen LogP contribution in [0.2, 0.25) is 0 Å². The van der Waals surface area contributed by atoms with Crippen LogP contribution in [0.25, 0.3) is 0 Å². The summed E-state index contributed by atoms with van der Waals surface area (Å²) in [6.07, 6.45) is 0.947. The molecule has 0 aliphatic carbocycles. The highest BCUT2D eigenvalue weighted by molar-refractivity contribution is 14.0. The lowest BCUT2D eigenvalue weighted by Gasteiger charge is -2.18. The molecule has 0 radical (unpaired) electrons. The number of rotatable bonds is 8. The van der Waals surface area contributed by atoms with E-state index in [0.29, 0.717) is 12.3 Å². The van der Waals surface area contributed by atoms with Crippen LogP contribution >= 0.6 is 24.0 Å². The lowest BCUT2D eigenvalue weighted by molar-refractivity contribution is 0.145. The van der Waals surface area contributed by atoms with Crippen LogP contribution in [0.15, 0.2) is 4.99 Å². The largest absolute Gasteiger partial charge is 0.382 e. The predicted molar refractivity (Wildman–Crippen MR) is 98.7 cm³/mol. The molecule has 0 spiro atoms. The Labute approximate surface area is 143 Å². The zero-order valence-electron chi connectivity index (χ0n) is 13.3. The summed E-state index contributed by atoms with van der Waals surface area (Å²) in [4.78, 5) is 4.12. The summed E-state index contributed by atoms with van der Waals surface area (Å²) in [5.41, 5.74) is 0. The number of halogens is 1. The number of aliphatic imine (C=N–C) groups is 1. The second-order valence-electron chi connectivity index (χ2n) is 5.14. The maximum absolute atomic E-state index is 11.9. The molecular formula is C13H30IN3O2S. The van der Waals surface area contributed by atoms with Gasteiger partial charge < -0.3 is 15.4 Å². The molecule has 20 heavy (non-hydrogen) atoms. The smallest absolute Gasteiger partial charge is 0.191 e. The van der Waals surface area contributed by atoms with Crippen molar-refractivity contribution in [3.63, 3.8) is 0 Å². The molecule has 122 valence electrons. The van der Waals surface area contributed by atoms with Crippen molar-refractivity contribution in [3.05, 3.63) is 0 Å². The predicted octanol–water partition coefficient (Wildman–Crippen LogP) is 1.74. The normalized spacial score (nSPS) is 13.6. The van der Waals surface area contributed by atoms with Crippen molar-refractivity contribution in [2.75, 3.05) is 39.1 Å². The van der Waals surface area contributed by atoms with Gasteiger partial charge in [-0.2, -0.15) is 0 Å². The number of hydrogen-bond acceptors (Lipinski definition) is 3. The summed E-state index contributed by atoms with van der Waals surface area (Å²) in [6.45, 7) is 11.0. The average molecular weight is 419 g/mol. The fraction of sp³-hybridized carbons (Fsp3) is 0.923. The Kier molecular flexibility index (Phi) is 14.4. The number of hydrogen-bond donors (Lipinski definition) is 2. The molecule has 2 N–H and O–H groups in total. The molecule has 0 saturated carbocycles. The van der Waals surface area contributed by atoms with Gasteiger partial charge in [-0.25, -0.2) is 0 Å². The van der Waals surface area contributed by atoms with Gasteiger partial charge in [0.05, 0.1) is 0 Å². The third-order valence-electron chi connectivity index (χ3n) is 2.45. The molecule has 0 heterocycles. The molecule has 0 aliphatic heterocycles. The zero-order chi connectivity index (χ0) is 14.7. The number of guanidine groups is 1. The lowest BCUT2D eigenvalue weighted by Crippen LogP contribution is -2.40. The van der Waals surface area contributed by atoms with Gasteiger partial charge in [-0.05, 0) is 34.1 Å². The van der Waals surface area contributed by atoms with E-state index in [1.807, 2.05) is 27.7 Å². The first kappa shape index (κ1) is 22.4. The fourth-order valence-electron chi connectivity index (χ4n) is 1.31. The van der Waals surface area contributed by atoms with E-state index in [0.717, 1.165) is 32.1 Å². The van der Waals surface area contributed by atoms with Gasteiger partial charge in [-0.15, -0.1) is 24.0 Å². The highest BCUT2D eigenvalue weighted by Gasteiger charge is 2.18. The van der Waals surface area contributed by atoms with E-state index >= 15 is 0 Å². The molecular weight excluding hydrogens is 389 g/mol. The molecule has 0 aromatic rings. The number of ether oxygens (including phenoxy) is 1. The maximum Gasteiger partial charge on any atom is 0.191 e. The molecule has 0 aromatic heterocycles. The Morgan fingerprint density at radius 1 is 1.25 bits per heavy atom. The number of nitrogens with one attached hydrogen (secondary N) is 2. The summed E-state index contributed by atoms with van der Waals surface area (Å²) >= 11 is 0. The Morgan fingerprint density at radius 2 is 1.85 bits per heavy atom. The number of nitrogens with zero attached hydrogens (tertiary/aromatic N) is 1. The molecule has 0 aliphatic rings. The van der Waals surface area contributed by atoms with E-state index in [1.54, 1.807) is 7.05 Å². The highest BCUT2D eigenvalue weighted by Crippen LogP contribution is 2.10. The molecule has 0 bridgehead atoms. The molecule has 0 fully saturated rings. The van der Waals surface area contributed by atoms with Crippen LogP contribution in [-0.2, 0) is 15.5 Å². The minimum Gasteiger partial charge on any atom is -0.382 e. The lowest BCUT2D eigenvalue weighted by atomic mass is 10.3. The quantitative estimate of drug-likeness (QED) is 0.272. The first-order valence-corrected chi connectivity index (χ1v) is 8.14. The molecule has 5 nitrogen and oxygen atoms in total. The minimum atomic E-state index is -0.831. The summed E-state index contributed by atoms with van der Waals surface area (Å²) in [7, 11) is 0.904. The topological polar surface area (TPSA) is 62.7 Å². The molecule has 0 amide bonds. The summed E-state index contributed by atoms with van der Waals surface area (Å²) < 4.78 is 17.0. The van der Waals surface area contributed by atoms with Gasteiger partial charge in [-0.1, -0.05) is 0 Å². The fourth-order valence-corrected chi connectivity index (χ4v) is 2.21. The van der Waals surface area contributed by atoms with E-state index < -0.39 is 10.8 Å². The van der Waals surface area contributed by atoms with Crippen molar-refractivity contribution >= 4 is 40.7 Å². The van der Waals surface area contributed by atoms with Gasteiger partial charge in [0.2, 0.25) is 0 Å². The second-order valence-corrected chi connectivity index (χ2v) is 7.46. The van der Waals surface area contributed by atoms with E-state index in [1.165, 1.54) is 0 Å². The van der Waals surface area contributed by atoms with Crippen molar-refractivity contribution < 1.29 is 8.95 Å². The van der Waals surface area contributed by atoms with Gasteiger partial charge in [0.25, 0.3) is 0 Å². The van der Waals surface area contributed by atoms with Gasteiger partial charge in [0.15, 0.2) is 5.96 Å². The molecule has 0 saturated heterocycles. The van der Waals surface area contributed by atoms with Crippen LogP contribution in [0.3, 0.4) is 0 Å². The van der Waals surface area contributed by atoms with Crippen molar-refractivity contribution in [3.8, 4) is 0 Å². The Morgan fingerprint density at radius 3 is 2.35 bits per heavy atom. The zero-order valence-corrected chi connectivity index (χ0v) is 16.5. The van der Waals surface area contributed by atoms with Crippen LogP contribution in [0, 0.1) is 0 Å². The Hall–Kier alpha value is 0.110. The summed E-state index contributed by atoms with van der Waals surface area (Å²) in [5.74, 6) is 1.38. The van der Waals surface area contributed by atoms with Gasteiger partial charge in [-0.3, -0.25) is 9.20 Å². The average Bonchev–Trinajstić information content (AvgIpc) is 2.35. The van der Waals surface area contributed by atoms with Crippen LogP contribution in [0.4, 0.5) is 0 Å². The van der Waals surface area contributed by atoms with Crippen molar-refractivity contribution in [1.82, 2.24) is 10.6 Å². The first-order chi connectivity index (χ1) is 8.91. The summed E-state index contributed by atoms with van der Waals surface area (Å²) in [5, 5.41) is 6.37. The monoisotopic (exact) mass is 419 g/mol. The molecule has 1 unspecified atom stereocenters. The van der Waals surface area contributed by atoms with E-state index in [-0.39, 0.29) is 28.7 Å². The van der Waals surface area contributed by atoms with Gasteiger partial charge in [0.1, 0.15) is 0 Å². The van der Waals surface area contributed by atoms with Crippen molar-refractivity contribution in [2.24, 2.45) is 4.99 Å². The maximum atomic E-state index is 11.9. The van der Waals surface area contributed by atoms with E-state index in [4.69, 9.17) is 4.74 Å². The first-order valence-electron chi connectivity index (χ1n) is 6.82. The minimum absolute atomic E-state index is 0. The molecule has 7 heteroatoms. The van der Waals surface area contributed by atoms with Crippen LogP contribution < -0.4 is 10.6 Å². The second kappa shape index (κ2) is 12.8. The van der Waals surface area contributed by atoms with E-state index in [2.05, 4.69) is 15.6 Å². The third kappa shape index (κ3) is 11.9. The van der Waals surface area contributed by atoms with Crippen LogP contribution in [0.1, 0.15) is 34.1 Å². The van der Waals surface area contributed by atoms with E-state index in [9.17, 15) is 4.21 Å². The van der Waals surface area contributed by atoms with Crippen molar-refractivity contribution in [2.45, 2.75) is 38.9 Å². The molecule has 1 atom stereocenters. The highest BCUT2D eigenvalue weighted by atomic mass is 127.